The zero-order chi connectivity index (χ0) is 12.4. The molecule has 0 radical (unpaired) electrons. The molecule has 1 heterocycles. The van der Waals surface area contributed by atoms with Gasteiger partial charge in [-0.2, -0.15) is 0 Å². The monoisotopic (exact) mass is 240 g/mol. The minimum absolute atomic E-state index is 0.565. The molecule has 1 aliphatic rings. The number of nitrogens with one attached hydrogen (secondary N) is 1. The molecule has 0 spiro atoms. The normalized spacial score (nSPS) is 16.9. The third-order valence-corrected chi connectivity index (χ3v) is 3.82. The molecular weight excluding hydrogens is 220 g/mol. The van der Waals surface area contributed by atoms with Crippen LogP contribution in [0.1, 0.15) is 37.7 Å². The van der Waals surface area contributed by atoms with Crippen LogP contribution in [0.15, 0.2) is 36.7 Å². The van der Waals surface area contributed by atoms with E-state index in [9.17, 15) is 0 Å². The van der Waals surface area contributed by atoms with Gasteiger partial charge in [0.1, 0.15) is 0 Å². The van der Waals surface area contributed by atoms with Gasteiger partial charge in [-0.3, -0.25) is 4.98 Å². The third kappa shape index (κ3) is 2.54. The van der Waals surface area contributed by atoms with Crippen LogP contribution in [0.25, 0.3) is 10.8 Å². The van der Waals surface area contributed by atoms with Gasteiger partial charge in [-0.15, -0.1) is 0 Å². The Morgan fingerprint density at radius 1 is 1.28 bits per heavy atom. The topological polar surface area (TPSA) is 24.9 Å². The Kier molecular flexibility index (Phi) is 3.28. The van der Waals surface area contributed by atoms with E-state index >= 15 is 0 Å². The number of pyridine rings is 1. The Balaban J connectivity index is 1.75. The molecule has 1 saturated carbocycles. The molecule has 1 aliphatic carbocycles. The molecule has 0 aliphatic heterocycles. The van der Waals surface area contributed by atoms with Crippen molar-refractivity contribution in [2.45, 2.75) is 38.1 Å². The average molecular weight is 240 g/mol. The SMILES string of the molecule is CC(CCNC1CC1)c1cncc2ccccc12. The predicted octanol–water partition coefficient (Wildman–Crippen LogP) is 3.48. The van der Waals surface area contributed by atoms with E-state index in [4.69, 9.17) is 0 Å². The predicted molar refractivity (Wildman–Crippen MR) is 75.8 cm³/mol. The molecule has 0 amide bonds. The van der Waals surface area contributed by atoms with Gasteiger partial charge >= 0.3 is 0 Å². The molecule has 1 fully saturated rings. The summed E-state index contributed by atoms with van der Waals surface area (Å²) in [7, 11) is 0. The Bertz CT molecular complexity index is 526. The second kappa shape index (κ2) is 5.07. The van der Waals surface area contributed by atoms with Gasteiger partial charge in [0.2, 0.25) is 0 Å². The van der Waals surface area contributed by atoms with Crippen molar-refractivity contribution in [1.29, 1.82) is 0 Å². The fraction of sp³-hybridized carbons (Fsp3) is 0.438. The van der Waals surface area contributed by atoms with E-state index in [1.165, 1.54) is 35.6 Å². The van der Waals surface area contributed by atoms with Crippen molar-refractivity contribution >= 4 is 10.8 Å². The highest BCUT2D eigenvalue weighted by molar-refractivity contribution is 5.85. The van der Waals surface area contributed by atoms with E-state index in [1.54, 1.807) is 0 Å². The van der Waals surface area contributed by atoms with Crippen LogP contribution in [-0.2, 0) is 0 Å². The zero-order valence-electron chi connectivity index (χ0n) is 10.9. The summed E-state index contributed by atoms with van der Waals surface area (Å²) in [4.78, 5) is 4.37. The first kappa shape index (κ1) is 11.7. The van der Waals surface area contributed by atoms with Crippen molar-refractivity contribution in [3.05, 3.63) is 42.2 Å². The molecular formula is C16H20N2. The molecule has 0 saturated heterocycles. The van der Waals surface area contributed by atoms with E-state index < -0.39 is 0 Å². The van der Waals surface area contributed by atoms with Crippen LogP contribution in [0, 0.1) is 0 Å². The van der Waals surface area contributed by atoms with E-state index in [1.807, 2.05) is 12.4 Å². The van der Waals surface area contributed by atoms with Crippen molar-refractivity contribution in [3.8, 4) is 0 Å². The molecule has 1 N–H and O–H groups in total. The summed E-state index contributed by atoms with van der Waals surface area (Å²) in [5, 5.41) is 6.19. The minimum Gasteiger partial charge on any atom is -0.314 e. The Labute approximate surface area is 108 Å². The lowest BCUT2D eigenvalue weighted by Crippen LogP contribution is -2.19. The highest BCUT2D eigenvalue weighted by Gasteiger charge is 2.20. The summed E-state index contributed by atoms with van der Waals surface area (Å²) < 4.78 is 0. The van der Waals surface area contributed by atoms with Crippen molar-refractivity contribution in [3.63, 3.8) is 0 Å². The first-order valence-corrected chi connectivity index (χ1v) is 6.90. The largest absolute Gasteiger partial charge is 0.314 e. The molecule has 2 nitrogen and oxygen atoms in total. The minimum atomic E-state index is 0.565. The van der Waals surface area contributed by atoms with Crippen LogP contribution in [-0.4, -0.2) is 17.6 Å². The quantitative estimate of drug-likeness (QED) is 0.865. The summed E-state index contributed by atoms with van der Waals surface area (Å²) in [6, 6.07) is 9.34. The van der Waals surface area contributed by atoms with Crippen LogP contribution in [0.5, 0.6) is 0 Å². The Morgan fingerprint density at radius 2 is 2.11 bits per heavy atom. The van der Waals surface area contributed by atoms with Crippen LogP contribution < -0.4 is 5.32 Å². The average Bonchev–Trinajstić information content (AvgIpc) is 3.22. The highest BCUT2D eigenvalue weighted by atomic mass is 14.9. The van der Waals surface area contributed by atoms with E-state index in [-0.39, 0.29) is 0 Å². The lowest BCUT2D eigenvalue weighted by atomic mass is 9.94. The van der Waals surface area contributed by atoms with Gasteiger partial charge in [0, 0.05) is 23.8 Å². The maximum atomic E-state index is 4.37. The highest BCUT2D eigenvalue weighted by Crippen LogP contribution is 2.26. The third-order valence-electron chi connectivity index (χ3n) is 3.82. The lowest BCUT2D eigenvalue weighted by Gasteiger charge is -2.14. The molecule has 2 aromatic rings. The fourth-order valence-corrected chi connectivity index (χ4v) is 2.48. The lowest BCUT2D eigenvalue weighted by molar-refractivity contribution is 0.593. The molecule has 0 bridgehead atoms. The summed E-state index contributed by atoms with van der Waals surface area (Å²) in [5.74, 6) is 0.565. The van der Waals surface area contributed by atoms with Crippen molar-refractivity contribution in [2.75, 3.05) is 6.54 Å². The number of hydrogen-bond acceptors (Lipinski definition) is 2. The van der Waals surface area contributed by atoms with Gasteiger partial charge in [0.05, 0.1) is 0 Å². The molecule has 3 rings (SSSR count). The number of hydrogen-bond donors (Lipinski definition) is 1. The van der Waals surface area contributed by atoms with E-state index in [0.717, 1.165) is 12.6 Å². The zero-order valence-corrected chi connectivity index (χ0v) is 10.9. The number of fused-ring (bicyclic) bond motifs is 1. The summed E-state index contributed by atoms with van der Waals surface area (Å²) in [6.07, 6.45) is 7.90. The van der Waals surface area contributed by atoms with Crippen molar-refractivity contribution in [2.24, 2.45) is 0 Å². The smallest absolute Gasteiger partial charge is 0.0346 e. The second-order valence-corrected chi connectivity index (χ2v) is 5.37. The number of benzene rings is 1. The Morgan fingerprint density at radius 3 is 2.94 bits per heavy atom. The summed E-state index contributed by atoms with van der Waals surface area (Å²) >= 11 is 0. The molecule has 1 aromatic carbocycles. The summed E-state index contributed by atoms with van der Waals surface area (Å²) in [6.45, 7) is 3.42. The molecule has 1 atom stereocenters. The second-order valence-electron chi connectivity index (χ2n) is 5.37. The number of aromatic nitrogens is 1. The molecule has 2 heteroatoms. The number of rotatable bonds is 5. The van der Waals surface area contributed by atoms with Gasteiger partial charge in [-0.05, 0) is 42.7 Å². The first-order chi connectivity index (χ1) is 8.84. The van der Waals surface area contributed by atoms with E-state index in [0.29, 0.717) is 5.92 Å². The van der Waals surface area contributed by atoms with Gasteiger partial charge in [0.25, 0.3) is 0 Å². The van der Waals surface area contributed by atoms with Crippen molar-refractivity contribution in [1.82, 2.24) is 10.3 Å². The summed E-state index contributed by atoms with van der Waals surface area (Å²) in [5.41, 5.74) is 1.38. The van der Waals surface area contributed by atoms with Gasteiger partial charge < -0.3 is 5.32 Å². The number of nitrogens with zero attached hydrogens (tertiary/aromatic N) is 1. The van der Waals surface area contributed by atoms with Gasteiger partial charge in [-0.1, -0.05) is 31.2 Å². The van der Waals surface area contributed by atoms with Crippen LogP contribution >= 0.6 is 0 Å². The van der Waals surface area contributed by atoms with Gasteiger partial charge in [0.15, 0.2) is 0 Å². The van der Waals surface area contributed by atoms with Crippen molar-refractivity contribution < 1.29 is 0 Å². The molecule has 1 unspecified atom stereocenters. The van der Waals surface area contributed by atoms with Crippen LogP contribution in [0.2, 0.25) is 0 Å². The molecule has 18 heavy (non-hydrogen) atoms. The maximum absolute atomic E-state index is 4.37. The molecule has 1 aromatic heterocycles. The Hall–Kier alpha value is -1.41. The molecule has 94 valence electrons. The fourth-order valence-electron chi connectivity index (χ4n) is 2.48. The van der Waals surface area contributed by atoms with Crippen LogP contribution in [0.3, 0.4) is 0 Å². The van der Waals surface area contributed by atoms with Crippen LogP contribution in [0.4, 0.5) is 0 Å². The van der Waals surface area contributed by atoms with E-state index in [2.05, 4.69) is 41.5 Å². The first-order valence-electron chi connectivity index (χ1n) is 6.90. The van der Waals surface area contributed by atoms with Gasteiger partial charge in [-0.25, -0.2) is 0 Å². The maximum Gasteiger partial charge on any atom is 0.0346 e. The standard InChI is InChI=1S/C16H20N2/c1-12(8-9-18-14-6-7-14)16-11-17-10-13-4-2-3-5-15(13)16/h2-5,10-12,14,18H,6-9H2,1H3.